The van der Waals surface area contributed by atoms with E-state index in [1.165, 1.54) is 5.00 Å². The largest absolute Gasteiger partial charge is 0.360 e. The van der Waals surface area contributed by atoms with E-state index in [2.05, 4.69) is 68.5 Å². The van der Waals surface area contributed by atoms with Gasteiger partial charge in [-0.2, -0.15) is 4.98 Å². The highest BCUT2D eigenvalue weighted by Gasteiger charge is 2.23. The molecule has 0 atom stereocenters. The van der Waals surface area contributed by atoms with E-state index in [-0.39, 0.29) is 5.41 Å². The van der Waals surface area contributed by atoms with E-state index >= 15 is 0 Å². The molecule has 1 aliphatic rings. The molecule has 0 bridgehead atoms. The number of hydrogen-bond acceptors (Lipinski definition) is 6. The first-order chi connectivity index (χ1) is 12.0. The van der Waals surface area contributed by atoms with Gasteiger partial charge in [-0.1, -0.05) is 25.9 Å². The van der Waals surface area contributed by atoms with Crippen molar-refractivity contribution in [1.82, 2.24) is 20.4 Å². The molecule has 2 aromatic heterocycles. The van der Waals surface area contributed by atoms with Crippen LogP contribution in [0.25, 0.3) is 0 Å². The van der Waals surface area contributed by atoms with Gasteiger partial charge in [0.05, 0.1) is 11.5 Å². The molecule has 0 radical (unpaired) electrons. The van der Waals surface area contributed by atoms with Crippen molar-refractivity contribution in [3.8, 4) is 0 Å². The lowest BCUT2D eigenvalue weighted by molar-refractivity contribution is 0.318. The van der Waals surface area contributed by atoms with Crippen LogP contribution in [0.4, 0.5) is 5.00 Å². The molecule has 2 aromatic rings. The van der Waals surface area contributed by atoms with E-state index in [9.17, 15) is 0 Å². The van der Waals surface area contributed by atoms with E-state index in [4.69, 9.17) is 4.52 Å². The minimum atomic E-state index is -0.134. The molecule has 1 saturated heterocycles. The Labute approximate surface area is 152 Å². The molecule has 0 aliphatic carbocycles. The summed E-state index contributed by atoms with van der Waals surface area (Å²) in [6.45, 7) is 10.6. The maximum absolute atomic E-state index is 5.34. The summed E-state index contributed by atoms with van der Waals surface area (Å²) in [5, 5.41) is 10.9. The van der Waals surface area contributed by atoms with Crippen molar-refractivity contribution in [2.75, 3.05) is 38.1 Å². The van der Waals surface area contributed by atoms with Crippen LogP contribution >= 0.6 is 11.3 Å². The molecular formula is C17H26N6OS. The summed E-state index contributed by atoms with van der Waals surface area (Å²) in [4.78, 5) is 13.6. The summed E-state index contributed by atoms with van der Waals surface area (Å²) in [5.74, 6) is 2.19. The van der Waals surface area contributed by atoms with Crippen LogP contribution in [0.2, 0.25) is 0 Å². The quantitative estimate of drug-likeness (QED) is 0.667. The van der Waals surface area contributed by atoms with Gasteiger partial charge in [0.1, 0.15) is 0 Å². The van der Waals surface area contributed by atoms with Gasteiger partial charge in [-0.3, -0.25) is 4.99 Å². The third kappa shape index (κ3) is 4.31. The lowest BCUT2D eigenvalue weighted by atomic mass is 9.97. The number of aromatic nitrogens is 2. The van der Waals surface area contributed by atoms with Crippen LogP contribution in [0, 0.1) is 0 Å². The number of hydrogen-bond donors (Lipinski definition) is 1. The Morgan fingerprint density at radius 2 is 2.08 bits per heavy atom. The number of rotatable bonds is 3. The first-order valence-electron chi connectivity index (χ1n) is 8.54. The van der Waals surface area contributed by atoms with E-state index in [0.717, 1.165) is 32.1 Å². The number of nitrogens with zero attached hydrogens (tertiary/aromatic N) is 5. The summed E-state index contributed by atoms with van der Waals surface area (Å²) in [6.07, 6.45) is 0. The summed E-state index contributed by atoms with van der Waals surface area (Å²) >= 11 is 1.79. The molecule has 3 heterocycles. The van der Waals surface area contributed by atoms with Gasteiger partial charge >= 0.3 is 0 Å². The molecular weight excluding hydrogens is 336 g/mol. The summed E-state index contributed by atoms with van der Waals surface area (Å²) < 4.78 is 5.34. The molecule has 7 nitrogen and oxygen atoms in total. The maximum atomic E-state index is 5.34. The van der Waals surface area contributed by atoms with Crippen molar-refractivity contribution >= 4 is 22.3 Å². The Hall–Kier alpha value is -2.09. The predicted octanol–water partition coefficient (Wildman–Crippen LogP) is 2.33. The molecule has 0 aromatic carbocycles. The van der Waals surface area contributed by atoms with Crippen LogP contribution in [0.3, 0.4) is 0 Å². The lowest BCUT2D eigenvalue weighted by Crippen LogP contribution is -2.52. The highest BCUT2D eigenvalue weighted by molar-refractivity contribution is 7.14. The average molecular weight is 363 g/mol. The maximum Gasteiger partial charge on any atom is 0.232 e. The van der Waals surface area contributed by atoms with Gasteiger partial charge in [0.25, 0.3) is 0 Å². The second kappa shape index (κ2) is 7.43. The van der Waals surface area contributed by atoms with Crippen molar-refractivity contribution < 1.29 is 4.52 Å². The average Bonchev–Trinajstić information content (AvgIpc) is 3.27. The molecule has 25 heavy (non-hydrogen) atoms. The number of piperazine rings is 1. The van der Waals surface area contributed by atoms with Gasteiger partial charge in [0, 0.05) is 38.6 Å². The van der Waals surface area contributed by atoms with Crippen molar-refractivity contribution in [2.45, 2.75) is 32.7 Å². The first-order valence-corrected chi connectivity index (χ1v) is 9.42. The fraction of sp³-hybridized carbons (Fsp3) is 0.588. The van der Waals surface area contributed by atoms with Gasteiger partial charge in [-0.05, 0) is 17.5 Å². The zero-order valence-corrected chi connectivity index (χ0v) is 16.1. The minimum Gasteiger partial charge on any atom is -0.360 e. The number of aliphatic imine (C=N–C) groups is 1. The Balaban J connectivity index is 1.53. The van der Waals surface area contributed by atoms with Crippen molar-refractivity contribution in [3.63, 3.8) is 0 Å². The third-order valence-corrected chi connectivity index (χ3v) is 5.05. The Bertz CT molecular complexity index is 695. The van der Waals surface area contributed by atoms with Gasteiger partial charge in [0.2, 0.25) is 5.89 Å². The van der Waals surface area contributed by atoms with Crippen molar-refractivity contribution in [3.05, 3.63) is 29.2 Å². The summed E-state index contributed by atoms with van der Waals surface area (Å²) in [5.41, 5.74) is -0.134. The molecule has 3 rings (SSSR count). The molecule has 1 fully saturated rings. The van der Waals surface area contributed by atoms with Crippen molar-refractivity contribution in [2.24, 2.45) is 4.99 Å². The molecule has 1 aliphatic heterocycles. The van der Waals surface area contributed by atoms with Gasteiger partial charge in [-0.25, -0.2) is 0 Å². The predicted molar refractivity (Wildman–Crippen MR) is 101 cm³/mol. The van der Waals surface area contributed by atoms with Crippen molar-refractivity contribution in [1.29, 1.82) is 0 Å². The number of nitrogens with one attached hydrogen (secondary N) is 1. The van der Waals surface area contributed by atoms with Gasteiger partial charge < -0.3 is 19.6 Å². The standard InChI is InChI=1S/C17H26N6OS/c1-17(2,3)15-20-13(21-24-15)12-19-16(18-4)23-9-7-22(8-10-23)14-6-5-11-25-14/h5-6,11H,7-10,12H2,1-4H3,(H,18,19). The molecule has 0 saturated carbocycles. The smallest absolute Gasteiger partial charge is 0.232 e. The molecule has 0 spiro atoms. The Morgan fingerprint density at radius 1 is 1.32 bits per heavy atom. The molecule has 8 heteroatoms. The summed E-state index contributed by atoms with van der Waals surface area (Å²) in [6, 6.07) is 4.28. The van der Waals surface area contributed by atoms with E-state index in [0.29, 0.717) is 18.3 Å². The Kier molecular flexibility index (Phi) is 5.27. The topological polar surface area (TPSA) is 69.8 Å². The number of anilines is 1. The zero-order valence-electron chi connectivity index (χ0n) is 15.3. The van der Waals surface area contributed by atoms with Crippen LogP contribution < -0.4 is 10.2 Å². The summed E-state index contributed by atoms with van der Waals surface area (Å²) in [7, 11) is 1.81. The van der Waals surface area contributed by atoms with Gasteiger partial charge in [-0.15, -0.1) is 11.3 Å². The highest BCUT2D eigenvalue weighted by Crippen LogP contribution is 2.22. The van der Waals surface area contributed by atoms with Crippen LogP contribution in [0.5, 0.6) is 0 Å². The first kappa shape index (κ1) is 17.7. The van der Waals surface area contributed by atoms with Crippen LogP contribution in [-0.4, -0.2) is 54.2 Å². The number of guanidine groups is 1. The molecule has 1 N–H and O–H groups in total. The Morgan fingerprint density at radius 3 is 2.64 bits per heavy atom. The molecule has 0 amide bonds. The SMILES string of the molecule is CN=C(NCc1noc(C(C)(C)C)n1)N1CCN(c2cccs2)CC1. The second-order valence-electron chi connectivity index (χ2n) is 7.09. The van der Waals surface area contributed by atoms with Crippen LogP contribution in [0.1, 0.15) is 32.5 Å². The van der Waals surface area contributed by atoms with Gasteiger partial charge in [0.15, 0.2) is 11.8 Å². The molecule has 136 valence electrons. The third-order valence-electron chi connectivity index (χ3n) is 4.12. The minimum absolute atomic E-state index is 0.134. The van der Waals surface area contributed by atoms with Crippen LogP contribution in [0.15, 0.2) is 27.0 Å². The lowest BCUT2D eigenvalue weighted by Gasteiger charge is -2.36. The van der Waals surface area contributed by atoms with E-state index in [1.807, 2.05) is 7.05 Å². The number of thiophene rings is 1. The zero-order chi connectivity index (χ0) is 17.9. The highest BCUT2D eigenvalue weighted by atomic mass is 32.1. The fourth-order valence-electron chi connectivity index (χ4n) is 2.71. The van der Waals surface area contributed by atoms with Crippen LogP contribution in [-0.2, 0) is 12.0 Å². The monoisotopic (exact) mass is 362 g/mol. The normalized spacial score (nSPS) is 16.4. The van der Waals surface area contributed by atoms with E-state index in [1.54, 1.807) is 11.3 Å². The molecule has 0 unspecified atom stereocenters. The van der Waals surface area contributed by atoms with E-state index < -0.39 is 0 Å². The second-order valence-corrected chi connectivity index (χ2v) is 8.02. The fourth-order valence-corrected chi connectivity index (χ4v) is 3.49.